The second-order valence-corrected chi connectivity index (χ2v) is 6.43. The van der Waals surface area contributed by atoms with Gasteiger partial charge in [0, 0.05) is 5.75 Å². The molecule has 0 rings (SSSR count). The second kappa shape index (κ2) is 7.57. The van der Waals surface area contributed by atoms with Gasteiger partial charge in [0.25, 0.3) is 0 Å². The summed E-state index contributed by atoms with van der Waals surface area (Å²) in [5, 5.41) is 9.35. The number of hydrogen-bond acceptors (Lipinski definition) is 3. The molecule has 0 radical (unpaired) electrons. The van der Waals surface area contributed by atoms with E-state index in [9.17, 15) is 5.11 Å². The highest BCUT2D eigenvalue weighted by Gasteiger charge is 2.25. The van der Waals surface area contributed by atoms with Crippen LogP contribution < -0.4 is 0 Å². The van der Waals surface area contributed by atoms with E-state index in [1.165, 1.54) is 6.42 Å². The monoisotopic (exact) mass is 248 g/mol. The van der Waals surface area contributed by atoms with Crippen molar-refractivity contribution in [3.8, 4) is 0 Å². The van der Waals surface area contributed by atoms with Gasteiger partial charge in [0.1, 0.15) is 0 Å². The van der Waals surface area contributed by atoms with E-state index in [1.807, 2.05) is 0 Å². The molecule has 2 unspecified atom stereocenters. The third-order valence-corrected chi connectivity index (χ3v) is 3.24. The van der Waals surface area contributed by atoms with Gasteiger partial charge in [-0.1, -0.05) is 34.6 Å². The highest BCUT2D eigenvalue weighted by molar-refractivity contribution is 7.80. The number of rotatable bonds is 7. The molecular weight excluding hydrogens is 220 g/mol. The molecule has 0 saturated carbocycles. The quantitative estimate of drug-likeness (QED) is 0.678. The summed E-state index contributed by atoms with van der Waals surface area (Å²) in [6.45, 7) is 12.3. The summed E-state index contributed by atoms with van der Waals surface area (Å²) in [4.78, 5) is 0. The van der Waals surface area contributed by atoms with Crippen LogP contribution in [-0.2, 0) is 4.74 Å². The average molecular weight is 248 g/mol. The van der Waals surface area contributed by atoms with Gasteiger partial charge in [-0.3, -0.25) is 0 Å². The second-order valence-electron chi connectivity index (χ2n) is 6.07. The Bertz CT molecular complexity index is 175. The molecule has 3 heteroatoms. The van der Waals surface area contributed by atoms with Crippen molar-refractivity contribution < 1.29 is 9.84 Å². The van der Waals surface area contributed by atoms with Crippen LogP contribution in [0, 0.1) is 17.3 Å². The largest absolute Gasteiger partial charge is 0.390 e. The van der Waals surface area contributed by atoms with Crippen LogP contribution >= 0.6 is 12.6 Å². The van der Waals surface area contributed by atoms with Gasteiger partial charge >= 0.3 is 0 Å². The molecule has 0 aromatic rings. The maximum absolute atomic E-state index is 9.35. The topological polar surface area (TPSA) is 29.5 Å². The van der Waals surface area contributed by atoms with Gasteiger partial charge in [0.2, 0.25) is 0 Å². The first-order chi connectivity index (χ1) is 7.27. The molecule has 0 aliphatic heterocycles. The molecule has 0 aromatic carbocycles. The minimum absolute atomic E-state index is 0.260. The summed E-state index contributed by atoms with van der Waals surface area (Å²) in [5.41, 5.74) is 0.260. The fourth-order valence-electron chi connectivity index (χ4n) is 1.64. The van der Waals surface area contributed by atoms with Crippen LogP contribution in [-0.4, -0.2) is 30.2 Å². The molecule has 0 heterocycles. The molecule has 0 bridgehead atoms. The average Bonchev–Trinajstić information content (AvgIpc) is 2.13. The zero-order chi connectivity index (χ0) is 12.8. The Kier molecular flexibility index (Phi) is 7.70. The minimum Gasteiger partial charge on any atom is -0.390 e. The predicted molar refractivity (Wildman–Crippen MR) is 73.1 cm³/mol. The standard InChI is InChI=1S/C13H28O2S/c1-10(2)6-11(13(3,4)5)7-15-8-12(14)9-16/h10-12,14,16H,6-9H2,1-5H3. The van der Waals surface area contributed by atoms with Gasteiger partial charge in [-0.15, -0.1) is 0 Å². The molecule has 0 amide bonds. The van der Waals surface area contributed by atoms with Crippen molar-refractivity contribution in [2.24, 2.45) is 17.3 Å². The molecule has 0 fully saturated rings. The van der Waals surface area contributed by atoms with Crippen molar-refractivity contribution in [2.75, 3.05) is 19.0 Å². The van der Waals surface area contributed by atoms with Crippen LogP contribution in [0.5, 0.6) is 0 Å². The summed E-state index contributed by atoms with van der Waals surface area (Å²) in [6, 6.07) is 0. The summed E-state index contributed by atoms with van der Waals surface area (Å²) in [6.07, 6.45) is 0.725. The summed E-state index contributed by atoms with van der Waals surface area (Å²) >= 11 is 4.02. The fraction of sp³-hybridized carbons (Fsp3) is 1.00. The summed E-state index contributed by atoms with van der Waals surface area (Å²) in [7, 11) is 0. The van der Waals surface area contributed by atoms with E-state index in [-0.39, 0.29) is 5.41 Å². The molecule has 16 heavy (non-hydrogen) atoms. The van der Waals surface area contributed by atoms with Gasteiger partial charge in [-0.2, -0.15) is 12.6 Å². The normalized spacial score (nSPS) is 16.5. The lowest BCUT2D eigenvalue weighted by Gasteiger charge is -2.32. The van der Waals surface area contributed by atoms with Gasteiger partial charge in [-0.25, -0.2) is 0 Å². The third kappa shape index (κ3) is 7.53. The van der Waals surface area contributed by atoms with E-state index in [0.717, 1.165) is 6.61 Å². The molecule has 2 atom stereocenters. The highest BCUT2D eigenvalue weighted by Crippen LogP contribution is 2.31. The van der Waals surface area contributed by atoms with E-state index >= 15 is 0 Å². The summed E-state index contributed by atoms with van der Waals surface area (Å²) < 4.78 is 5.58. The number of ether oxygens (including phenoxy) is 1. The van der Waals surface area contributed by atoms with Crippen LogP contribution in [0.15, 0.2) is 0 Å². The lowest BCUT2D eigenvalue weighted by atomic mass is 9.77. The number of thiol groups is 1. The number of hydrogen-bond donors (Lipinski definition) is 2. The Morgan fingerprint density at radius 1 is 1.19 bits per heavy atom. The number of aliphatic hydroxyl groups excluding tert-OH is 1. The predicted octanol–water partition coefficient (Wildman–Crippen LogP) is 3.00. The maximum Gasteiger partial charge on any atom is 0.0861 e. The molecular formula is C13H28O2S. The molecule has 1 N–H and O–H groups in total. The summed E-state index contributed by atoms with van der Waals surface area (Å²) in [5.74, 6) is 1.69. The lowest BCUT2D eigenvalue weighted by Crippen LogP contribution is -2.28. The lowest BCUT2D eigenvalue weighted by molar-refractivity contribution is 0.00344. The van der Waals surface area contributed by atoms with Crippen LogP contribution in [0.2, 0.25) is 0 Å². The van der Waals surface area contributed by atoms with Crippen LogP contribution in [0.1, 0.15) is 41.0 Å². The van der Waals surface area contributed by atoms with Gasteiger partial charge in [0.15, 0.2) is 0 Å². The smallest absolute Gasteiger partial charge is 0.0861 e. The van der Waals surface area contributed by atoms with Crippen LogP contribution in [0.25, 0.3) is 0 Å². The van der Waals surface area contributed by atoms with E-state index in [0.29, 0.717) is 24.2 Å². The minimum atomic E-state index is -0.442. The van der Waals surface area contributed by atoms with E-state index in [1.54, 1.807) is 0 Å². The Morgan fingerprint density at radius 2 is 1.75 bits per heavy atom. The molecule has 0 aliphatic carbocycles. The fourth-order valence-corrected chi connectivity index (χ4v) is 1.75. The molecule has 0 aliphatic rings. The zero-order valence-electron chi connectivity index (χ0n) is 11.4. The molecule has 98 valence electrons. The Balaban J connectivity index is 4.03. The van der Waals surface area contributed by atoms with Crippen molar-refractivity contribution in [3.63, 3.8) is 0 Å². The Labute approximate surface area is 106 Å². The third-order valence-electron chi connectivity index (χ3n) is 2.82. The van der Waals surface area contributed by atoms with Crippen LogP contribution in [0.3, 0.4) is 0 Å². The first-order valence-corrected chi connectivity index (χ1v) is 6.77. The molecule has 0 aromatic heterocycles. The first kappa shape index (κ1) is 16.3. The van der Waals surface area contributed by atoms with E-state index in [2.05, 4.69) is 47.2 Å². The van der Waals surface area contributed by atoms with Crippen LogP contribution in [0.4, 0.5) is 0 Å². The number of aliphatic hydroxyl groups is 1. The highest BCUT2D eigenvalue weighted by atomic mass is 32.1. The van der Waals surface area contributed by atoms with Crippen molar-refractivity contribution in [2.45, 2.75) is 47.1 Å². The van der Waals surface area contributed by atoms with E-state index in [4.69, 9.17) is 4.74 Å². The Morgan fingerprint density at radius 3 is 2.12 bits per heavy atom. The zero-order valence-corrected chi connectivity index (χ0v) is 12.3. The molecule has 0 saturated heterocycles. The molecule has 0 spiro atoms. The van der Waals surface area contributed by atoms with Crippen molar-refractivity contribution in [1.82, 2.24) is 0 Å². The van der Waals surface area contributed by atoms with Gasteiger partial charge < -0.3 is 9.84 Å². The van der Waals surface area contributed by atoms with Crippen molar-refractivity contribution in [3.05, 3.63) is 0 Å². The maximum atomic E-state index is 9.35. The SMILES string of the molecule is CC(C)CC(COCC(O)CS)C(C)(C)C. The van der Waals surface area contributed by atoms with Gasteiger partial charge in [0.05, 0.1) is 19.3 Å². The Hall–Kier alpha value is 0.270. The first-order valence-electron chi connectivity index (χ1n) is 6.14. The van der Waals surface area contributed by atoms with E-state index < -0.39 is 6.10 Å². The van der Waals surface area contributed by atoms with Crippen molar-refractivity contribution >= 4 is 12.6 Å². The molecule has 2 nitrogen and oxygen atoms in total. The van der Waals surface area contributed by atoms with Gasteiger partial charge in [-0.05, 0) is 23.7 Å². The van der Waals surface area contributed by atoms with Crippen molar-refractivity contribution in [1.29, 1.82) is 0 Å².